The van der Waals surface area contributed by atoms with Gasteiger partial charge >= 0.3 is 6.09 Å². The van der Waals surface area contributed by atoms with Crippen molar-refractivity contribution in [3.05, 3.63) is 59.7 Å². The van der Waals surface area contributed by atoms with Crippen molar-refractivity contribution in [1.29, 1.82) is 0 Å². The van der Waals surface area contributed by atoms with Crippen molar-refractivity contribution in [3.8, 4) is 0 Å². The smallest absolute Gasteiger partial charge is 0.407 e. The largest absolute Gasteiger partial charge is 0.444 e. The number of alkyl carbamates (subject to hydrolysis) is 1. The molecular formula is C18H21FN2O2S. The number of halogens is 1. The van der Waals surface area contributed by atoms with Crippen molar-refractivity contribution >= 4 is 17.9 Å². The molecule has 0 saturated heterocycles. The third-order valence-corrected chi connectivity index (χ3v) is 3.97. The Balaban J connectivity index is 1.89. The number of carbonyl (C=O) groups excluding carboxylic acids is 1. The number of ether oxygens (including phenoxy) is 1. The van der Waals surface area contributed by atoms with E-state index in [1.807, 2.05) is 30.3 Å². The summed E-state index contributed by atoms with van der Waals surface area (Å²) in [7, 11) is 0. The van der Waals surface area contributed by atoms with Gasteiger partial charge in [-0.1, -0.05) is 30.3 Å². The van der Waals surface area contributed by atoms with Crippen LogP contribution in [0, 0.1) is 5.82 Å². The fourth-order valence-corrected chi connectivity index (χ4v) is 2.71. The second-order valence-electron chi connectivity index (χ2n) is 6.23. The molecule has 1 aromatic carbocycles. The number of pyridine rings is 1. The van der Waals surface area contributed by atoms with E-state index < -0.39 is 17.5 Å². The molecule has 24 heavy (non-hydrogen) atoms. The van der Waals surface area contributed by atoms with Gasteiger partial charge in [0.15, 0.2) is 0 Å². The molecule has 0 bridgehead atoms. The summed E-state index contributed by atoms with van der Waals surface area (Å²) < 4.78 is 19.2. The van der Waals surface area contributed by atoms with Crippen LogP contribution in [0.3, 0.4) is 0 Å². The summed E-state index contributed by atoms with van der Waals surface area (Å²) in [5.74, 6) is 0.307. The molecule has 0 aliphatic carbocycles. The zero-order valence-electron chi connectivity index (χ0n) is 14.0. The van der Waals surface area contributed by atoms with Crippen LogP contribution in [0.15, 0.2) is 47.5 Å². The van der Waals surface area contributed by atoms with E-state index in [-0.39, 0.29) is 12.2 Å². The minimum atomic E-state index is -0.591. The second kappa shape index (κ2) is 8.15. The fraction of sp³-hybridized carbons (Fsp3) is 0.333. The first-order chi connectivity index (χ1) is 11.3. The SMILES string of the molecule is CC(C)(C)OC(=O)NCc1ncc(SCc2ccccc2)cc1F. The first-order valence-electron chi connectivity index (χ1n) is 7.61. The Morgan fingerprint density at radius 2 is 2.00 bits per heavy atom. The van der Waals surface area contributed by atoms with Crippen LogP contribution in [0.2, 0.25) is 0 Å². The van der Waals surface area contributed by atoms with Crippen LogP contribution in [0.25, 0.3) is 0 Å². The van der Waals surface area contributed by atoms with E-state index in [2.05, 4.69) is 10.3 Å². The molecule has 0 spiro atoms. The van der Waals surface area contributed by atoms with Crippen molar-refractivity contribution in [2.75, 3.05) is 0 Å². The molecule has 0 aliphatic rings. The summed E-state index contributed by atoms with van der Waals surface area (Å²) in [6.45, 7) is 5.29. The van der Waals surface area contributed by atoms with Crippen LogP contribution in [-0.4, -0.2) is 16.7 Å². The lowest BCUT2D eigenvalue weighted by Crippen LogP contribution is -2.32. The van der Waals surface area contributed by atoms with Gasteiger partial charge in [0.1, 0.15) is 11.4 Å². The molecule has 1 amide bonds. The van der Waals surface area contributed by atoms with Gasteiger partial charge in [-0.25, -0.2) is 9.18 Å². The molecule has 0 fully saturated rings. The normalized spacial score (nSPS) is 11.2. The van der Waals surface area contributed by atoms with Gasteiger partial charge in [-0.15, -0.1) is 11.8 Å². The first kappa shape index (κ1) is 18.3. The number of rotatable bonds is 5. The Kier molecular flexibility index (Phi) is 6.20. The van der Waals surface area contributed by atoms with Gasteiger partial charge < -0.3 is 10.1 Å². The monoisotopic (exact) mass is 348 g/mol. The van der Waals surface area contributed by atoms with E-state index >= 15 is 0 Å². The molecule has 0 radical (unpaired) electrons. The van der Waals surface area contributed by atoms with Gasteiger partial charge in [0.2, 0.25) is 0 Å². The lowest BCUT2D eigenvalue weighted by atomic mass is 10.2. The molecule has 0 atom stereocenters. The predicted molar refractivity (Wildman–Crippen MR) is 93.3 cm³/mol. The molecule has 2 aromatic rings. The molecule has 1 N–H and O–H groups in total. The van der Waals surface area contributed by atoms with E-state index in [9.17, 15) is 9.18 Å². The maximum absolute atomic E-state index is 14.1. The molecule has 0 saturated carbocycles. The van der Waals surface area contributed by atoms with Crippen LogP contribution in [-0.2, 0) is 17.0 Å². The van der Waals surface area contributed by atoms with Crippen molar-refractivity contribution < 1.29 is 13.9 Å². The van der Waals surface area contributed by atoms with Gasteiger partial charge in [-0.3, -0.25) is 4.98 Å². The van der Waals surface area contributed by atoms with E-state index in [1.54, 1.807) is 27.0 Å². The Hall–Kier alpha value is -2.08. The molecule has 0 aliphatic heterocycles. The minimum Gasteiger partial charge on any atom is -0.444 e. The highest BCUT2D eigenvalue weighted by molar-refractivity contribution is 7.98. The summed E-state index contributed by atoms with van der Waals surface area (Å²) in [5, 5.41) is 2.50. The van der Waals surface area contributed by atoms with Gasteiger partial charge in [0.05, 0.1) is 12.2 Å². The number of benzene rings is 1. The number of aromatic nitrogens is 1. The molecule has 2 rings (SSSR count). The second-order valence-corrected chi connectivity index (χ2v) is 7.28. The summed E-state index contributed by atoms with van der Waals surface area (Å²) in [5.41, 5.74) is 0.761. The maximum atomic E-state index is 14.1. The highest BCUT2D eigenvalue weighted by atomic mass is 32.2. The number of thioether (sulfide) groups is 1. The molecular weight excluding hydrogens is 327 g/mol. The van der Waals surface area contributed by atoms with Crippen molar-refractivity contribution in [1.82, 2.24) is 10.3 Å². The van der Waals surface area contributed by atoms with Crippen molar-refractivity contribution in [2.24, 2.45) is 0 Å². The van der Waals surface area contributed by atoms with Crippen LogP contribution < -0.4 is 5.32 Å². The minimum absolute atomic E-state index is 0.00955. The van der Waals surface area contributed by atoms with E-state index in [4.69, 9.17) is 4.74 Å². The summed E-state index contributed by atoms with van der Waals surface area (Å²) in [6.07, 6.45) is 1.02. The van der Waals surface area contributed by atoms with Gasteiger partial charge in [-0.2, -0.15) is 0 Å². The van der Waals surface area contributed by atoms with Crippen molar-refractivity contribution in [2.45, 2.75) is 43.6 Å². The summed E-state index contributed by atoms with van der Waals surface area (Å²) >= 11 is 1.51. The highest BCUT2D eigenvalue weighted by Gasteiger charge is 2.16. The van der Waals surface area contributed by atoms with Crippen LogP contribution in [0.5, 0.6) is 0 Å². The number of hydrogen-bond acceptors (Lipinski definition) is 4. The lowest BCUT2D eigenvalue weighted by molar-refractivity contribution is 0.0522. The third kappa shape index (κ3) is 6.20. The van der Waals surface area contributed by atoms with E-state index in [0.717, 1.165) is 10.6 Å². The molecule has 128 valence electrons. The topological polar surface area (TPSA) is 51.2 Å². The highest BCUT2D eigenvalue weighted by Crippen LogP contribution is 2.23. The van der Waals surface area contributed by atoms with Crippen LogP contribution in [0.4, 0.5) is 9.18 Å². The predicted octanol–water partition coefficient (Wildman–Crippen LogP) is 4.54. The molecule has 1 heterocycles. The standard InChI is InChI=1S/C18H21FN2O2S/c1-18(2,3)23-17(22)21-11-16-15(19)9-14(10-20-16)24-12-13-7-5-4-6-8-13/h4-10H,11-12H2,1-3H3,(H,21,22). The molecule has 6 heteroatoms. The Morgan fingerprint density at radius 3 is 2.62 bits per heavy atom. The molecule has 4 nitrogen and oxygen atoms in total. The first-order valence-corrected chi connectivity index (χ1v) is 8.60. The summed E-state index contributed by atoms with van der Waals surface area (Å²) in [4.78, 5) is 16.4. The van der Waals surface area contributed by atoms with Gasteiger partial charge in [0.25, 0.3) is 0 Å². The number of carbonyl (C=O) groups is 1. The fourth-order valence-electron chi connectivity index (χ4n) is 1.87. The number of amides is 1. The lowest BCUT2D eigenvalue weighted by Gasteiger charge is -2.19. The average molecular weight is 348 g/mol. The zero-order valence-corrected chi connectivity index (χ0v) is 14.8. The Bertz CT molecular complexity index is 687. The Labute approximate surface area is 145 Å². The number of nitrogens with one attached hydrogen (secondary N) is 1. The quantitative estimate of drug-likeness (QED) is 0.806. The Morgan fingerprint density at radius 1 is 1.29 bits per heavy atom. The number of hydrogen-bond donors (Lipinski definition) is 1. The zero-order chi connectivity index (χ0) is 17.6. The van der Waals surface area contributed by atoms with Gasteiger partial charge in [-0.05, 0) is 32.4 Å². The van der Waals surface area contributed by atoms with E-state index in [0.29, 0.717) is 0 Å². The van der Waals surface area contributed by atoms with Crippen LogP contribution in [0.1, 0.15) is 32.0 Å². The molecule has 1 aromatic heterocycles. The maximum Gasteiger partial charge on any atom is 0.407 e. The van der Waals surface area contributed by atoms with Gasteiger partial charge in [0, 0.05) is 16.8 Å². The van der Waals surface area contributed by atoms with Crippen LogP contribution >= 0.6 is 11.8 Å². The third-order valence-electron chi connectivity index (χ3n) is 2.94. The summed E-state index contributed by atoms with van der Waals surface area (Å²) in [6, 6.07) is 11.4. The number of nitrogens with zero attached hydrogens (tertiary/aromatic N) is 1. The van der Waals surface area contributed by atoms with Crippen molar-refractivity contribution in [3.63, 3.8) is 0 Å². The average Bonchev–Trinajstić information content (AvgIpc) is 2.51. The molecule has 0 unspecified atom stereocenters. The van der Waals surface area contributed by atoms with E-state index in [1.165, 1.54) is 23.4 Å².